The number of methoxy groups -OCH3 is 1. The van der Waals surface area contributed by atoms with Crippen LogP contribution in [0.15, 0.2) is 46.3 Å². The molecule has 0 bridgehead atoms. The molecule has 1 heterocycles. The number of ether oxygens (including phenoxy) is 1. The van der Waals surface area contributed by atoms with Gasteiger partial charge in [0.05, 0.1) is 12.4 Å². The Morgan fingerprint density at radius 3 is 2.86 bits per heavy atom. The second-order valence-electron chi connectivity index (χ2n) is 4.77. The molecule has 118 valence electrons. The first kappa shape index (κ1) is 17.1. The molecule has 0 aliphatic heterocycles. The van der Waals surface area contributed by atoms with E-state index in [9.17, 15) is 4.79 Å². The largest absolute Gasteiger partial charge is 0.383 e. The number of carbonyl (C=O) groups excluding carboxylic acids is 1. The SMILES string of the molecule is COCC(C)NC(=O)CSc1nccn1-c1ccc(Br)cc1. The summed E-state index contributed by atoms with van der Waals surface area (Å²) in [6, 6.07) is 7.95. The zero-order valence-electron chi connectivity index (χ0n) is 12.5. The van der Waals surface area contributed by atoms with E-state index in [0.29, 0.717) is 12.4 Å². The van der Waals surface area contributed by atoms with Crippen LogP contribution in [0.2, 0.25) is 0 Å². The van der Waals surface area contributed by atoms with Crippen LogP contribution in [0, 0.1) is 0 Å². The predicted molar refractivity (Wildman–Crippen MR) is 91.5 cm³/mol. The Hall–Kier alpha value is -1.31. The van der Waals surface area contributed by atoms with Crippen LogP contribution < -0.4 is 5.32 Å². The van der Waals surface area contributed by atoms with Crippen LogP contribution in [0.25, 0.3) is 5.69 Å². The van der Waals surface area contributed by atoms with E-state index in [4.69, 9.17) is 4.74 Å². The van der Waals surface area contributed by atoms with Gasteiger partial charge in [0.2, 0.25) is 5.91 Å². The molecule has 0 saturated carbocycles. The number of nitrogens with one attached hydrogen (secondary N) is 1. The maximum absolute atomic E-state index is 11.9. The number of thioether (sulfide) groups is 1. The molecule has 1 aromatic heterocycles. The van der Waals surface area contributed by atoms with Crippen LogP contribution in [0.5, 0.6) is 0 Å². The Balaban J connectivity index is 1.96. The first-order chi connectivity index (χ1) is 10.6. The smallest absolute Gasteiger partial charge is 0.230 e. The van der Waals surface area contributed by atoms with Gasteiger partial charge in [0.25, 0.3) is 0 Å². The van der Waals surface area contributed by atoms with Crippen molar-refractivity contribution in [1.29, 1.82) is 0 Å². The second kappa shape index (κ2) is 8.36. The van der Waals surface area contributed by atoms with Gasteiger partial charge in [0.1, 0.15) is 0 Å². The molecule has 1 N–H and O–H groups in total. The molecule has 2 aromatic rings. The van der Waals surface area contributed by atoms with Crippen molar-refractivity contribution in [2.75, 3.05) is 19.5 Å². The topological polar surface area (TPSA) is 56.1 Å². The molecule has 0 aliphatic carbocycles. The number of benzene rings is 1. The van der Waals surface area contributed by atoms with Crippen molar-refractivity contribution in [1.82, 2.24) is 14.9 Å². The lowest BCUT2D eigenvalue weighted by molar-refractivity contribution is -0.119. The van der Waals surface area contributed by atoms with Crippen molar-refractivity contribution in [2.24, 2.45) is 0 Å². The molecule has 22 heavy (non-hydrogen) atoms. The molecule has 1 unspecified atom stereocenters. The fourth-order valence-electron chi connectivity index (χ4n) is 1.93. The lowest BCUT2D eigenvalue weighted by atomic mass is 10.3. The van der Waals surface area contributed by atoms with Crippen LogP contribution in [-0.2, 0) is 9.53 Å². The fourth-order valence-corrected chi connectivity index (χ4v) is 2.98. The van der Waals surface area contributed by atoms with Crippen molar-refractivity contribution in [3.8, 4) is 5.69 Å². The molecule has 1 amide bonds. The van der Waals surface area contributed by atoms with Crippen molar-refractivity contribution in [3.05, 3.63) is 41.1 Å². The van der Waals surface area contributed by atoms with Gasteiger partial charge < -0.3 is 10.1 Å². The molecule has 0 spiro atoms. The fraction of sp³-hybridized carbons (Fsp3) is 0.333. The molecule has 0 saturated heterocycles. The van der Waals surface area contributed by atoms with E-state index < -0.39 is 0 Å². The number of imidazole rings is 1. The van der Waals surface area contributed by atoms with E-state index in [1.165, 1.54) is 11.8 Å². The predicted octanol–water partition coefficient (Wildman–Crippen LogP) is 2.88. The molecule has 5 nitrogen and oxygen atoms in total. The standard InChI is InChI=1S/C15H18BrN3O2S/c1-11(9-21-2)18-14(20)10-22-15-17-7-8-19(15)13-5-3-12(16)4-6-13/h3-8,11H,9-10H2,1-2H3,(H,18,20). The average molecular weight is 384 g/mol. The third-order valence-electron chi connectivity index (χ3n) is 2.87. The van der Waals surface area contributed by atoms with Crippen LogP contribution in [0.1, 0.15) is 6.92 Å². The summed E-state index contributed by atoms with van der Waals surface area (Å²) >= 11 is 4.83. The Morgan fingerprint density at radius 1 is 1.45 bits per heavy atom. The Bertz CT molecular complexity index is 616. The molecule has 2 rings (SSSR count). The summed E-state index contributed by atoms with van der Waals surface area (Å²) in [5.41, 5.74) is 1.01. The Morgan fingerprint density at radius 2 is 2.18 bits per heavy atom. The summed E-state index contributed by atoms with van der Waals surface area (Å²) in [6.07, 6.45) is 3.62. The molecule has 0 fully saturated rings. The van der Waals surface area contributed by atoms with Crippen molar-refractivity contribution >= 4 is 33.6 Å². The zero-order chi connectivity index (χ0) is 15.9. The van der Waals surface area contributed by atoms with Gasteiger partial charge in [-0.3, -0.25) is 9.36 Å². The average Bonchev–Trinajstić information content (AvgIpc) is 2.94. The molecule has 7 heteroatoms. The highest BCUT2D eigenvalue weighted by atomic mass is 79.9. The third kappa shape index (κ3) is 4.86. The number of halogens is 1. The summed E-state index contributed by atoms with van der Waals surface area (Å²) in [5, 5.41) is 3.67. The first-order valence-electron chi connectivity index (χ1n) is 6.80. The van der Waals surface area contributed by atoms with Crippen LogP contribution in [-0.4, -0.2) is 41.0 Å². The Labute approximate surface area is 142 Å². The third-order valence-corrected chi connectivity index (χ3v) is 4.36. The molecule has 0 radical (unpaired) electrons. The lowest BCUT2D eigenvalue weighted by Gasteiger charge is -2.12. The van der Waals surface area contributed by atoms with Gasteiger partial charge in [-0.25, -0.2) is 4.98 Å². The molecular formula is C15H18BrN3O2S. The van der Waals surface area contributed by atoms with E-state index in [2.05, 4.69) is 26.2 Å². The number of rotatable bonds is 7. The van der Waals surface area contributed by atoms with E-state index in [1.807, 2.05) is 42.0 Å². The second-order valence-corrected chi connectivity index (χ2v) is 6.63. The highest BCUT2D eigenvalue weighted by molar-refractivity contribution is 9.10. The van der Waals surface area contributed by atoms with E-state index in [1.54, 1.807) is 13.3 Å². The van der Waals surface area contributed by atoms with Crippen LogP contribution in [0.3, 0.4) is 0 Å². The van der Waals surface area contributed by atoms with E-state index in [0.717, 1.165) is 15.3 Å². The summed E-state index contributed by atoms with van der Waals surface area (Å²) in [4.78, 5) is 16.2. The van der Waals surface area contributed by atoms with Crippen LogP contribution in [0.4, 0.5) is 0 Å². The first-order valence-corrected chi connectivity index (χ1v) is 8.58. The molecule has 1 aromatic carbocycles. The molecule has 0 aliphatic rings. The zero-order valence-corrected chi connectivity index (χ0v) is 14.9. The van der Waals surface area contributed by atoms with Gasteiger partial charge >= 0.3 is 0 Å². The van der Waals surface area contributed by atoms with Crippen LogP contribution >= 0.6 is 27.7 Å². The van der Waals surface area contributed by atoms with Gasteiger partial charge in [0.15, 0.2) is 5.16 Å². The van der Waals surface area contributed by atoms with Gasteiger partial charge in [-0.05, 0) is 31.2 Å². The summed E-state index contributed by atoms with van der Waals surface area (Å²) in [7, 11) is 1.62. The summed E-state index contributed by atoms with van der Waals surface area (Å²) in [6.45, 7) is 2.42. The minimum absolute atomic E-state index is 0.00400. The monoisotopic (exact) mass is 383 g/mol. The van der Waals surface area contributed by atoms with Crippen molar-refractivity contribution in [3.63, 3.8) is 0 Å². The van der Waals surface area contributed by atoms with Crippen molar-refractivity contribution < 1.29 is 9.53 Å². The number of amides is 1. The number of hydrogen-bond donors (Lipinski definition) is 1. The minimum Gasteiger partial charge on any atom is -0.383 e. The highest BCUT2D eigenvalue weighted by Gasteiger charge is 2.11. The van der Waals surface area contributed by atoms with E-state index in [-0.39, 0.29) is 11.9 Å². The van der Waals surface area contributed by atoms with E-state index >= 15 is 0 Å². The maximum atomic E-state index is 11.9. The number of aromatic nitrogens is 2. The molecule has 1 atom stereocenters. The van der Waals surface area contributed by atoms with Crippen molar-refractivity contribution in [2.45, 2.75) is 18.1 Å². The molecular weight excluding hydrogens is 366 g/mol. The van der Waals surface area contributed by atoms with Gasteiger partial charge in [-0.1, -0.05) is 27.7 Å². The lowest BCUT2D eigenvalue weighted by Crippen LogP contribution is -2.36. The summed E-state index contributed by atoms with van der Waals surface area (Å²) < 4.78 is 7.99. The number of carbonyl (C=O) groups is 1. The highest BCUT2D eigenvalue weighted by Crippen LogP contribution is 2.21. The van der Waals surface area contributed by atoms with Gasteiger partial charge in [0, 0.05) is 35.7 Å². The quantitative estimate of drug-likeness (QED) is 0.746. The van der Waals surface area contributed by atoms with Gasteiger partial charge in [-0.15, -0.1) is 0 Å². The summed E-state index contributed by atoms with van der Waals surface area (Å²) in [5.74, 6) is 0.293. The normalized spacial score (nSPS) is 12.1. The minimum atomic E-state index is -0.0279. The number of nitrogens with zero attached hydrogens (tertiary/aromatic N) is 2. The maximum Gasteiger partial charge on any atom is 0.230 e. The Kier molecular flexibility index (Phi) is 6.48. The number of hydrogen-bond acceptors (Lipinski definition) is 4. The van der Waals surface area contributed by atoms with Gasteiger partial charge in [-0.2, -0.15) is 0 Å².